The molecule has 1 N–H and O–H groups in total. The smallest absolute Gasteiger partial charge is 0.238 e. The Bertz CT molecular complexity index is 377. The van der Waals surface area contributed by atoms with Gasteiger partial charge in [0.05, 0.1) is 6.54 Å². The van der Waals surface area contributed by atoms with Crippen molar-refractivity contribution < 1.29 is 4.79 Å². The van der Waals surface area contributed by atoms with Crippen LogP contribution in [0.3, 0.4) is 0 Å². The van der Waals surface area contributed by atoms with E-state index in [2.05, 4.69) is 37.5 Å². The number of hydrogen-bond acceptors (Lipinski definition) is 3. The van der Waals surface area contributed by atoms with E-state index in [9.17, 15) is 4.79 Å². The van der Waals surface area contributed by atoms with Crippen LogP contribution in [0.1, 0.15) is 38.2 Å². The summed E-state index contributed by atoms with van der Waals surface area (Å²) in [7, 11) is 0. The minimum absolute atomic E-state index is 0.0755. The topological polar surface area (TPSA) is 32.3 Å². The quantitative estimate of drug-likeness (QED) is 0.893. The SMILES string of the molecule is CCC(C)C(C)N1C(=O)CNC1c1cccs1. The molecule has 1 saturated heterocycles. The Morgan fingerprint density at radius 3 is 2.94 bits per heavy atom. The van der Waals surface area contributed by atoms with Crippen molar-refractivity contribution in [1.29, 1.82) is 0 Å². The van der Waals surface area contributed by atoms with Crippen molar-refractivity contribution in [1.82, 2.24) is 10.2 Å². The molecule has 3 unspecified atom stereocenters. The van der Waals surface area contributed by atoms with Gasteiger partial charge in [0, 0.05) is 10.9 Å². The fraction of sp³-hybridized carbons (Fsp3) is 0.615. The van der Waals surface area contributed by atoms with Gasteiger partial charge in [0.25, 0.3) is 0 Å². The van der Waals surface area contributed by atoms with Gasteiger partial charge in [0.15, 0.2) is 0 Å². The third-order valence-electron chi connectivity index (χ3n) is 3.73. The Balaban J connectivity index is 2.20. The van der Waals surface area contributed by atoms with Crippen LogP contribution in [0, 0.1) is 5.92 Å². The molecule has 17 heavy (non-hydrogen) atoms. The lowest BCUT2D eigenvalue weighted by molar-refractivity contribution is -0.131. The van der Waals surface area contributed by atoms with E-state index in [1.807, 2.05) is 11.0 Å². The van der Waals surface area contributed by atoms with Gasteiger partial charge in [-0.25, -0.2) is 0 Å². The lowest BCUT2D eigenvalue weighted by Crippen LogP contribution is -2.41. The molecular formula is C13H20N2OS. The van der Waals surface area contributed by atoms with Crippen molar-refractivity contribution in [2.45, 2.75) is 39.4 Å². The molecule has 0 radical (unpaired) electrons. The van der Waals surface area contributed by atoms with Gasteiger partial charge in [-0.15, -0.1) is 11.3 Å². The highest BCUT2D eigenvalue weighted by atomic mass is 32.1. The minimum Gasteiger partial charge on any atom is -0.318 e. The van der Waals surface area contributed by atoms with E-state index in [-0.39, 0.29) is 18.1 Å². The Morgan fingerprint density at radius 1 is 1.59 bits per heavy atom. The summed E-state index contributed by atoms with van der Waals surface area (Å²) in [5, 5.41) is 5.37. The average Bonchev–Trinajstić information content (AvgIpc) is 2.95. The molecule has 1 aromatic heterocycles. The fourth-order valence-electron chi connectivity index (χ4n) is 2.28. The molecule has 2 rings (SSSR count). The van der Waals surface area contributed by atoms with E-state index >= 15 is 0 Å². The lowest BCUT2D eigenvalue weighted by Gasteiger charge is -2.33. The Hall–Kier alpha value is -0.870. The second kappa shape index (κ2) is 5.19. The van der Waals surface area contributed by atoms with E-state index in [0.29, 0.717) is 12.5 Å². The molecule has 0 saturated carbocycles. The molecule has 1 fully saturated rings. The second-order valence-corrected chi connectivity index (χ2v) is 5.71. The zero-order valence-electron chi connectivity index (χ0n) is 10.6. The first-order valence-corrected chi connectivity index (χ1v) is 7.11. The number of carbonyl (C=O) groups is 1. The number of nitrogens with one attached hydrogen (secondary N) is 1. The third-order valence-corrected chi connectivity index (χ3v) is 4.66. The lowest BCUT2D eigenvalue weighted by atomic mass is 9.99. The average molecular weight is 252 g/mol. The number of nitrogens with zero attached hydrogens (tertiary/aromatic N) is 1. The van der Waals surface area contributed by atoms with Crippen LogP contribution in [-0.4, -0.2) is 23.4 Å². The molecule has 0 aromatic carbocycles. The predicted octanol–water partition coefficient (Wildman–Crippen LogP) is 2.61. The van der Waals surface area contributed by atoms with Gasteiger partial charge in [-0.05, 0) is 24.3 Å². The highest BCUT2D eigenvalue weighted by molar-refractivity contribution is 7.10. The van der Waals surface area contributed by atoms with Crippen LogP contribution in [-0.2, 0) is 4.79 Å². The maximum atomic E-state index is 12.0. The maximum absolute atomic E-state index is 12.0. The minimum atomic E-state index is 0.0755. The zero-order valence-corrected chi connectivity index (χ0v) is 11.5. The van der Waals surface area contributed by atoms with Gasteiger partial charge in [-0.2, -0.15) is 0 Å². The first kappa shape index (κ1) is 12.6. The van der Waals surface area contributed by atoms with Crippen LogP contribution in [0.15, 0.2) is 17.5 Å². The van der Waals surface area contributed by atoms with Gasteiger partial charge < -0.3 is 4.90 Å². The number of carbonyl (C=O) groups excluding carboxylic acids is 1. The number of hydrogen-bond donors (Lipinski definition) is 1. The van der Waals surface area contributed by atoms with E-state index in [0.717, 1.165) is 6.42 Å². The fourth-order valence-corrected chi connectivity index (χ4v) is 3.08. The largest absolute Gasteiger partial charge is 0.318 e. The summed E-state index contributed by atoms with van der Waals surface area (Å²) in [5.41, 5.74) is 0. The van der Waals surface area contributed by atoms with Gasteiger partial charge in [0.2, 0.25) is 5.91 Å². The summed E-state index contributed by atoms with van der Waals surface area (Å²) < 4.78 is 0. The molecule has 1 aliphatic heterocycles. The van der Waals surface area contributed by atoms with E-state index in [1.54, 1.807) is 11.3 Å². The van der Waals surface area contributed by atoms with Crippen LogP contribution in [0.25, 0.3) is 0 Å². The molecule has 1 aromatic rings. The highest BCUT2D eigenvalue weighted by Crippen LogP contribution is 2.30. The summed E-state index contributed by atoms with van der Waals surface area (Å²) in [4.78, 5) is 15.3. The molecule has 3 atom stereocenters. The van der Waals surface area contributed by atoms with Crippen LogP contribution >= 0.6 is 11.3 Å². The van der Waals surface area contributed by atoms with Gasteiger partial charge in [-0.3, -0.25) is 10.1 Å². The van der Waals surface area contributed by atoms with Crippen LogP contribution in [0.4, 0.5) is 0 Å². The number of amides is 1. The molecular weight excluding hydrogens is 232 g/mol. The van der Waals surface area contributed by atoms with E-state index in [4.69, 9.17) is 0 Å². The van der Waals surface area contributed by atoms with Gasteiger partial charge in [0.1, 0.15) is 6.17 Å². The predicted molar refractivity (Wildman–Crippen MR) is 70.8 cm³/mol. The molecule has 2 heterocycles. The Labute approximate surface area is 107 Å². The highest BCUT2D eigenvalue weighted by Gasteiger charge is 2.36. The maximum Gasteiger partial charge on any atom is 0.238 e. The molecule has 94 valence electrons. The molecule has 0 spiro atoms. The second-order valence-electron chi connectivity index (χ2n) is 4.73. The molecule has 1 aliphatic rings. The first-order chi connectivity index (χ1) is 8.15. The monoisotopic (exact) mass is 252 g/mol. The number of thiophene rings is 1. The van der Waals surface area contributed by atoms with Crippen LogP contribution in [0.2, 0.25) is 0 Å². The molecule has 4 heteroatoms. The van der Waals surface area contributed by atoms with Crippen molar-refractivity contribution in [2.24, 2.45) is 5.92 Å². The van der Waals surface area contributed by atoms with Gasteiger partial charge >= 0.3 is 0 Å². The normalized spacial score (nSPS) is 24.1. The standard InChI is InChI=1S/C13H20N2OS/c1-4-9(2)10(3)15-12(16)8-14-13(15)11-6-5-7-17-11/h5-7,9-10,13-14H,4,8H2,1-3H3. The third kappa shape index (κ3) is 2.38. The van der Waals surface area contributed by atoms with Crippen molar-refractivity contribution >= 4 is 17.2 Å². The zero-order chi connectivity index (χ0) is 12.4. The summed E-state index contributed by atoms with van der Waals surface area (Å²) in [5.74, 6) is 0.748. The molecule has 1 amide bonds. The summed E-state index contributed by atoms with van der Waals surface area (Å²) in [6.45, 7) is 7.00. The van der Waals surface area contributed by atoms with E-state index in [1.165, 1.54) is 4.88 Å². The summed E-state index contributed by atoms with van der Waals surface area (Å²) >= 11 is 1.71. The summed E-state index contributed by atoms with van der Waals surface area (Å²) in [6.07, 6.45) is 1.17. The van der Waals surface area contributed by atoms with Crippen LogP contribution in [0.5, 0.6) is 0 Å². The summed E-state index contributed by atoms with van der Waals surface area (Å²) in [6, 6.07) is 4.42. The van der Waals surface area contributed by atoms with Crippen molar-refractivity contribution in [2.75, 3.05) is 6.54 Å². The Morgan fingerprint density at radius 2 is 2.35 bits per heavy atom. The molecule has 0 aliphatic carbocycles. The molecule has 0 bridgehead atoms. The van der Waals surface area contributed by atoms with Gasteiger partial charge in [-0.1, -0.05) is 26.3 Å². The Kier molecular flexibility index (Phi) is 3.84. The molecule has 3 nitrogen and oxygen atoms in total. The first-order valence-electron chi connectivity index (χ1n) is 6.23. The van der Waals surface area contributed by atoms with Crippen molar-refractivity contribution in [3.05, 3.63) is 22.4 Å². The number of rotatable bonds is 4. The van der Waals surface area contributed by atoms with Crippen molar-refractivity contribution in [3.63, 3.8) is 0 Å². The van der Waals surface area contributed by atoms with Crippen LogP contribution < -0.4 is 5.32 Å². The van der Waals surface area contributed by atoms with E-state index < -0.39 is 0 Å². The van der Waals surface area contributed by atoms with Crippen molar-refractivity contribution in [3.8, 4) is 0 Å².